The Balaban J connectivity index is 1.52. The molecule has 0 amide bonds. The summed E-state index contributed by atoms with van der Waals surface area (Å²) in [5.74, 6) is 0.406. The Morgan fingerprint density at radius 3 is 2.54 bits per heavy atom. The van der Waals surface area contributed by atoms with E-state index in [1.54, 1.807) is 7.05 Å². The molecule has 3 aromatic heterocycles. The minimum absolute atomic E-state index is 0.0124. The Hall–Kier alpha value is -3.38. The third-order valence-electron chi connectivity index (χ3n) is 5.22. The molecule has 0 radical (unpaired) electrons. The molecule has 0 spiro atoms. The van der Waals surface area contributed by atoms with Crippen LogP contribution in [-0.2, 0) is 20.6 Å². The molecule has 4 rings (SSSR count). The van der Waals surface area contributed by atoms with Gasteiger partial charge in [-0.25, -0.2) is 9.78 Å². The second-order valence-electron chi connectivity index (χ2n) is 6.98. The van der Waals surface area contributed by atoms with Gasteiger partial charge in [-0.05, 0) is 12.1 Å². The van der Waals surface area contributed by atoms with Crippen molar-refractivity contribution < 1.29 is 0 Å². The highest BCUT2D eigenvalue weighted by Crippen LogP contribution is 2.18. The van der Waals surface area contributed by atoms with E-state index in [9.17, 15) is 14.9 Å². The lowest BCUT2D eigenvalue weighted by atomic mass is 10.2. The molecule has 0 unspecified atom stereocenters. The van der Waals surface area contributed by atoms with Crippen molar-refractivity contribution in [2.24, 2.45) is 14.1 Å². The molecule has 0 N–H and O–H groups in total. The number of imidazole rings is 1. The van der Waals surface area contributed by atoms with Gasteiger partial charge in [-0.15, -0.1) is 0 Å². The first-order valence-corrected chi connectivity index (χ1v) is 9.09. The Morgan fingerprint density at radius 2 is 1.86 bits per heavy atom. The van der Waals surface area contributed by atoms with Crippen LogP contribution in [0.2, 0.25) is 0 Å². The molecule has 0 saturated carbocycles. The second-order valence-corrected chi connectivity index (χ2v) is 6.98. The molecule has 0 aliphatic carbocycles. The smallest absolute Gasteiger partial charge is 0.332 e. The second kappa shape index (κ2) is 6.98. The first kappa shape index (κ1) is 18.0. The number of pyridine rings is 1. The zero-order chi connectivity index (χ0) is 19.8. The van der Waals surface area contributed by atoms with E-state index < -0.39 is 11.2 Å². The van der Waals surface area contributed by atoms with Gasteiger partial charge in [0.25, 0.3) is 5.56 Å². The van der Waals surface area contributed by atoms with Gasteiger partial charge in [0.05, 0.1) is 5.69 Å². The molecule has 1 saturated heterocycles. The van der Waals surface area contributed by atoms with Crippen LogP contribution in [0.1, 0.15) is 11.3 Å². The third-order valence-corrected chi connectivity index (χ3v) is 5.22. The largest absolute Gasteiger partial charge is 0.354 e. The minimum atomic E-state index is -0.548. The summed E-state index contributed by atoms with van der Waals surface area (Å²) in [7, 11) is 2.99. The molecule has 9 nitrogen and oxygen atoms in total. The summed E-state index contributed by atoms with van der Waals surface area (Å²) in [5, 5.41) is 9.46. The number of nitrogens with zero attached hydrogens (tertiary/aromatic N) is 7. The molecule has 1 aliphatic rings. The maximum Gasteiger partial charge on any atom is 0.332 e. The molecule has 144 valence electrons. The van der Waals surface area contributed by atoms with Crippen LogP contribution < -0.4 is 16.1 Å². The maximum atomic E-state index is 12.3. The highest BCUT2D eigenvalue weighted by atomic mass is 16.2. The van der Waals surface area contributed by atoms with Crippen molar-refractivity contribution in [1.29, 1.82) is 5.26 Å². The van der Waals surface area contributed by atoms with Crippen LogP contribution >= 0.6 is 0 Å². The van der Waals surface area contributed by atoms with Crippen molar-refractivity contribution in [2.75, 3.05) is 31.1 Å². The molecule has 1 fully saturated rings. The quantitative estimate of drug-likeness (QED) is 0.632. The number of anilines is 1. The fourth-order valence-corrected chi connectivity index (χ4v) is 3.71. The number of rotatable bonds is 3. The Labute approximate surface area is 161 Å². The van der Waals surface area contributed by atoms with E-state index in [1.165, 1.54) is 11.6 Å². The van der Waals surface area contributed by atoms with Crippen LogP contribution in [0.4, 0.5) is 5.82 Å². The van der Waals surface area contributed by atoms with Crippen molar-refractivity contribution in [3.05, 3.63) is 62.7 Å². The van der Waals surface area contributed by atoms with Crippen LogP contribution in [0.15, 0.2) is 40.2 Å². The number of fused-ring (bicyclic) bond motifs is 1. The molecule has 1 aliphatic heterocycles. The Bertz CT molecular complexity index is 1160. The summed E-state index contributed by atoms with van der Waals surface area (Å²) >= 11 is 0. The minimum Gasteiger partial charge on any atom is -0.354 e. The van der Waals surface area contributed by atoms with Crippen molar-refractivity contribution in [2.45, 2.75) is 6.54 Å². The van der Waals surface area contributed by atoms with E-state index >= 15 is 0 Å². The molecule has 0 bridgehead atoms. The highest BCUT2D eigenvalue weighted by molar-refractivity contribution is 5.53. The van der Waals surface area contributed by atoms with Crippen molar-refractivity contribution >= 4 is 11.5 Å². The number of aromatic nitrogens is 4. The molecule has 0 aromatic carbocycles. The number of piperazine rings is 1. The molecule has 4 heterocycles. The monoisotopic (exact) mass is 379 g/mol. The van der Waals surface area contributed by atoms with Crippen molar-refractivity contribution in [3.8, 4) is 6.07 Å². The predicted octanol–water partition coefficient (Wildman–Crippen LogP) is -0.0744. The van der Waals surface area contributed by atoms with Gasteiger partial charge in [-0.2, -0.15) is 5.26 Å². The highest BCUT2D eigenvalue weighted by Gasteiger charge is 2.25. The molecule has 9 heteroatoms. The van der Waals surface area contributed by atoms with Crippen LogP contribution in [0.25, 0.3) is 5.65 Å². The molecular weight excluding hydrogens is 358 g/mol. The Morgan fingerprint density at radius 1 is 1.11 bits per heavy atom. The van der Waals surface area contributed by atoms with Crippen LogP contribution in [-0.4, -0.2) is 49.6 Å². The fraction of sp³-hybridized carbons (Fsp3) is 0.368. The SMILES string of the molecule is Cn1c(N2CCN(Cc3cn4ccccc4n3)CC2)c(C#N)c(=O)n(C)c1=O. The summed E-state index contributed by atoms with van der Waals surface area (Å²) in [6, 6.07) is 7.88. The normalized spacial score (nSPS) is 15.1. The summed E-state index contributed by atoms with van der Waals surface area (Å²) in [6.07, 6.45) is 4.00. The average Bonchev–Trinajstić information content (AvgIpc) is 3.12. The van der Waals surface area contributed by atoms with Crippen molar-refractivity contribution in [3.63, 3.8) is 0 Å². The Kier molecular flexibility index (Phi) is 4.49. The van der Waals surface area contributed by atoms with Gasteiger partial charge in [-0.1, -0.05) is 6.07 Å². The van der Waals surface area contributed by atoms with E-state index in [0.717, 1.165) is 35.5 Å². The van der Waals surface area contributed by atoms with Crippen LogP contribution in [0.3, 0.4) is 0 Å². The van der Waals surface area contributed by atoms with E-state index in [4.69, 9.17) is 0 Å². The van der Waals surface area contributed by atoms with E-state index in [0.29, 0.717) is 18.9 Å². The van der Waals surface area contributed by atoms with Gasteiger partial charge >= 0.3 is 5.69 Å². The van der Waals surface area contributed by atoms with Crippen molar-refractivity contribution in [1.82, 2.24) is 23.4 Å². The molecular formula is C19H21N7O2. The number of nitriles is 1. The maximum absolute atomic E-state index is 12.3. The van der Waals surface area contributed by atoms with Gasteiger partial charge in [0.1, 0.15) is 17.5 Å². The van der Waals surface area contributed by atoms with Crippen LogP contribution in [0, 0.1) is 11.3 Å². The average molecular weight is 379 g/mol. The summed E-state index contributed by atoms with van der Waals surface area (Å²) in [5.41, 5.74) is 0.959. The zero-order valence-electron chi connectivity index (χ0n) is 15.9. The van der Waals surface area contributed by atoms with Gasteiger partial charge in [0, 0.05) is 59.2 Å². The molecule has 0 atom stereocenters. The summed E-state index contributed by atoms with van der Waals surface area (Å²) < 4.78 is 4.36. The lowest BCUT2D eigenvalue weighted by Gasteiger charge is -2.36. The van der Waals surface area contributed by atoms with E-state index in [-0.39, 0.29) is 5.56 Å². The van der Waals surface area contributed by atoms with Gasteiger partial charge in [0.15, 0.2) is 5.56 Å². The first-order valence-electron chi connectivity index (χ1n) is 9.09. The van der Waals surface area contributed by atoms with Gasteiger partial charge < -0.3 is 9.30 Å². The molecule has 28 heavy (non-hydrogen) atoms. The lowest BCUT2D eigenvalue weighted by molar-refractivity contribution is 0.246. The van der Waals surface area contributed by atoms with Gasteiger partial charge in [0.2, 0.25) is 0 Å². The standard InChI is InChI=1S/C19H21N7O2/c1-22-17(15(11-20)18(27)23(2)19(22)28)25-9-7-24(8-10-25)12-14-13-26-6-4-3-5-16(26)21-14/h3-6,13H,7-10,12H2,1-2H3. The van der Waals surface area contributed by atoms with Crippen LogP contribution in [0.5, 0.6) is 0 Å². The molecule has 3 aromatic rings. The fourth-order valence-electron chi connectivity index (χ4n) is 3.71. The zero-order valence-corrected chi connectivity index (χ0v) is 15.9. The summed E-state index contributed by atoms with van der Waals surface area (Å²) in [4.78, 5) is 33.4. The lowest BCUT2D eigenvalue weighted by Crippen LogP contribution is -2.50. The van der Waals surface area contributed by atoms with E-state index in [2.05, 4.69) is 9.88 Å². The van der Waals surface area contributed by atoms with Gasteiger partial charge in [-0.3, -0.25) is 18.8 Å². The topological polar surface area (TPSA) is 91.6 Å². The number of hydrogen-bond acceptors (Lipinski definition) is 6. The summed E-state index contributed by atoms with van der Waals surface area (Å²) in [6.45, 7) is 3.49. The first-order chi connectivity index (χ1) is 13.5. The predicted molar refractivity (Wildman–Crippen MR) is 104 cm³/mol. The van der Waals surface area contributed by atoms with E-state index in [1.807, 2.05) is 46.0 Å². The number of hydrogen-bond donors (Lipinski definition) is 0. The third kappa shape index (κ3) is 2.97.